The Labute approximate surface area is 248 Å². The molecule has 1 aliphatic heterocycles. The van der Waals surface area contributed by atoms with Gasteiger partial charge in [-0.15, -0.1) is 0 Å². The Morgan fingerprint density at radius 1 is 1.12 bits per heavy atom. The number of ether oxygens (including phenoxy) is 2. The topological polar surface area (TPSA) is 139 Å². The summed E-state index contributed by atoms with van der Waals surface area (Å²) >= 11 is 0. The standard InChI is InChI=1S/C30H32FN7O4S/c1-18(19-4-7-22(31)8-5-19)42-26-14-20(6-9-25(26)36-43(3,39)40)28-27-29(37(2)35-28)24(16-33-30(27)32)21-15-34-38(17-21)23-10-12-41-13-11-23/h4-9,14-18,23,36H,10-13H2,1-3H3,(H2,32,33)/t18-/m0/s1. The molecule has 3 aromatic heterocycles. The molecule has 5 aromatic rings. The lowest BCUT2D eigenvalue weighted by molar-refractivity contribution is 0.0662. The van der Waals surface area contributed by atoms with Crippen LogP contribution in [-0.4, -0.2) is 52.4 Å². The van der Waals surface area contributed by atoms with Crippen molar-refractivity contribution >= 4 is 32.4 Å². The summed E-state index contributed by atoms with van der Waals surface area (Å²) in [5.41, 5.74) is 11.1. The first kappa shape index (κ1) is 28.6. The highest BCUT2D eigenvalue weighted by Gasteiger charge is 2.23. The minimum atomic E-state index is -3.61. The van der Waals surface area contributed by atoms with Gasteiger partial charge in [-0.2, -0.15) is 10.2 Å². The van der Waals surface area contributed by atoms with Crippen molar-refractivity contribution in [1.82, 2.24) is 24.5 Å². The number of benzene rings is 2. The number of anilines is 2. The van der Waals surface area contributed by atoms with Gasteiger partial charge in [0.15, 0.2) is 0 Å². The molecule has 0 saturated carbocycles. The molecule has 0 bridgehead atoms. The second-order valence-corrected chi connectivity index (χ2v) is 12.5. The number of nitrogens with two attached hydrogens (primary N) is 1. The van der Waals surface area contributed by atoms with E-state index in [-0.39, 0.29) is 23.3 Å². The van der Waals surface area contributed by atoms with Crippen LogP contribution in [0.4, 0.5) is 15.9 Å². The summed E-state index contributed by atoms with van der Waals surface area (Å²) in [5, 5.41) is 10.1. The molecule has 0 unspecified atom stereocenters. The maximum atomic E-state index is 13.5. The largest absolute Gasteiger partial charge is 0.484 e. The van der Waals surface area contributed by atoms with Gasteiger partial charge in [0.05, 0.1) is 35.1 Å². The summed E-state index contributed by atoms with van der Waals surface area (Å²) in [6, 6.07) is 11.3. The summed E-state index contributed by atoms with van der Waals surface area (Å²) in [6.45, 7) is 3.23. The number of nitrogens with zero attached hydrogens (tertiary/aromatic N) is 5. The Morgan fingerprint density at radius 2 is 1.86 bits per heavy atom. The van der Waals surface area contributed by atoms with Crippen LogP contribution in [0.3, 0.4) is 0 Å². The van der Waals surface area contributed by atoms with Gasteiger partial charge in [-0.25, -0.2) is 17.8 Å². The Morgan fingerprint density at radius 3 is 2.58 bits per heavy atom. The maximum absolute atomic E-state index is 13.5. The summed E-state index contributed by atoms with van der Waals surface area (Å²) in [4.78, 5) is 4.50. The van der Waals surface area contributed by atoms with Crippen molar-refractivity contribution in [1.29, 1.82) is 0 Å². The number of hydrogen-bond donors (Lipinski definition) is 2. The molecule has 1 saturated heterocycles. The van der Waals surface area contributed by atoms with Gasteiger partial charge in [0.25, 0.3) is 0 Å². The van der Waals surface area contributed by atoms with E-state index in [9.17, 15) is 12.8 Å². The van der Waals surface area contributed by atoms with Crippen molar-refractivity contribution in [2.45, 2.75) is 31.9 Å². The molecule has 13 heteroatoms. The molecule has 0 aliphatic carbocycles. The molecule has 4 heterocycles. The van der Waals surface area contributed by atoms with Crippen LogP contribution in [0.25, 0.3) is 33.3 Å². The van der Waals surface area contributed by atoms with Crippen LogP contribution in [-0.2, 0) is 21.8 Å². The fourth-order valence-electron chi connectivity index (χ4n) is 5.42. The number of nitrogens with one attached hydrogen (secondary N) is 1. The molecule has 2 aromatic carbocycles. The molecular weight excluding hydrogens is 573 g/mol. The van der Waals surface area contributed by atoms with Gasteiger partial charge in [-0.1, -0.05) is 18.2 Å². The summed E-state index contributed by atoms with van der Waals surface area (Å²) in [5.74, 6) is 0.221. The molecule has 43 heavy (non-hydrogen) atoms. The highest BCUT2D eigenvalue weighted by atomic mass is 32.2. The van der Waals surface area contributed by atoms with Gasteiger partial charge in [0, 0.05) is 49.3 Å². The van der Waals surface area contributed by atoms with E-state index in [1.807, 2.05) is 24.1 Å². The first-order valence-electron chi connectivity index (χ1n) is 13.8. The number of aryl methyl sites for hydroxylation is 1. The first-order valence-corrected chi connectivity index (χ1v) is 15.7. The smallest absolute Gasteiger partial charge is 0.229 e. The number of sulfonamides is 1. The predicted octanol–water partition coefficient (Wildman–Crippen LogP) is 5.08. The number of hydrogen-bond acceptors (Lipinski definition) is 8. The molecule has 224 valence electrons. The van der Waals surface area contributed by atoms with E-state index >= 15 is 0 Å². The quantitative estimate of drug-likeness (QED) is 0.250. The van der Waals surface area contributed by atoms with E-state index in [0.717, 1.165) is 41.3 Å². The third-order valence-electron chi connectivity index (χ3n) is 7.56. The lowest BCUT2D eigenvalue weighted by Crippen LogP contribution is -2.19. The molecule has 6 rings (SSSR count). The fraction of sp³-hybridized carbons (Fsp3) is 0.300. The maximum Gasteiger partial charge on any atom is 0.229 e. The van der Waals surface area contributed by atoms with Crippen molar-refractivity contribution in [2.24, 2.45) is 7.05 Å². The monoisotopic (exact) mass is 605 g/mol. The Hall–Kier alpha value is -4.49. The lowest BCUT2D eigenvalue weighted by Gasteiger charge is -2.22. The van der Waals surface area contributed by atoms with Gasteiger partial charge in [0.2, 0.25) is 10.0 Å². The summed E-state index contributed by atoms with van der Waals surface area (Å²) < 4.78 is 55.8. The van der Waals surface area contributed by atoms with Gasteiger partial charge >= 0.3 is 0 Å². The van der Waals surface area contributed by atoms with Gasteiger partial charge in [-0.3, -0.25) is 14.1 Å². The third-order valence-corrected chi connectivity index (χ3v) is 8.15. The average molecular weight is 606 g/mol. The molecular formula is C30H32FN7O4S. The van der Waals surface area contributed by atoms with Crippen molar-refractivity contribution < 1.29 is 22.3 Å². The van der Waals surface area contributed by atoms with Crippen LogP contribution in [0, 0.1) is 5.82 Å². The van der Waals surface area contributed by atoms with Crippen LogP contribution < -0.4 is 15.2 Å². The molecule has 11 nitrogen and oxygen atoms in total. The van der Waals surface area contributed by atoms with Crippen LogP contribution in [0.15, 0.2) is 61.1 Å². The minimum absolute atomic E-state index is 0.257. The van der Waals surface area contributed by atoms with Crippen LogP contribution in [0.5, 0.6) is 5.75 Å². The number of fused-ring (bicyclic) bond motifs is 1. The van der Waals surface area contributed by atoms with Crippen molar-refractivity contribution in [2.75, 3.05) is 29.9 Å². The highest BCUT2D eigenvalue weighted by molar-refractivity contribution is 7.92. The summed E-state index contributed by atoms with van der Waals surface area (Å²) in [7, 11) is -1.77. The predicted molar refractivity (Wildman–Crippen MR) is 163 cm³/mol. The number of aromatic nitrogens is 5. The zero-order valence-electron chi connectivity index (χ0n) is 24.0. The van der Waals surface area contributed by atoms with Gasteiger partial charge < -0.3 is 15.2 Å². The molecule has 1 fully saturated rings. The average Bonchev–Trinajstić information content (AvgIpc) is 3.60. The Bertz CT molecular complexity index is 1900. The lowest BCUT2D eigenvalue weighted by atomic mass is 10.0. The fourth-order valence-corrected chi connectivity index (χ4v) is 5.99. The Balaban J connectivity index is 1.42. The number of pyridine rings is 1. The number of rotatable bonds is 8. The number of halogens is 1. The van der Waals surface area contributed by atoms with Crippen LogP contribution >= 0.6 is 0 Å². The third kappa shape index (κ3) is 5.90. The van der Waals surface area contributed by atoms with Crippen LogP contribution in [0.1, 0.15) is 37.5 Å². The van der Waals surface area contributed by atoms with Crippen LogP contribution in [0.2, 0.25) is 0 Å². The molecule has 0 radical (unpaired) electrons. The van der Waals surface area contributed by atoms with E-state index in [4.69, 9.17) is 20.3 Å². The van der Waals surface area contributed by atoms with Gasteiger partial charge in [-0.05, 0) is 49.6 Å². The molecule has 1 atom stereocenters. The van der Waals surface area contributed by atoms with Crippen molar-refractivity contribution in [3.8, 4) is 28.1 Å². The second-order valence-electron chi connectivity index (χ2n) is 10.7. The first-order chi connectivity index (χ1) is 20.6. The van der Waals surface area contributed by atoms with Gasteiger partial charge in [0.1, 0.15) is 29.2 Å². The molecule has 3 N–H and O–H groups in total. The van der Waals surface area contributed by atoms with E-state index in [1.165, 1.54) is 12.1 Å². The molecule has 0 spiro atoms. The van der Waals surface area contributed by atoms with E-state index in [2.05, 4.69) is 14.8 Å². The minimum Gasteiger partial charge on any atom is -0.484 e. The zero-order chi connectivity index (χ0) is 30.3. The van der Waals surface area contributed by atoms with E-state index in [1.54, 1.807) is 48.1 Å². The Kier molecular flexibility index (Phi) is 7.52. The van der Waals surface area contributed by atoms with Crippen molar-refractivity contribution in [3.63, 3.8) is 0 Å². The molecule has 1 aliphatic rings. The summed E-state index contributed by atoms with van der Waals surface area (Å²) in [6.07, 6.45) is 7.93. The normalized spacial score (nSPS) is 15.1. The number of nitrogen functional groups attached to an aromatic ring is 1. The van der Waals surface area contributed by atoms with Crippen molar-refractivity contribution in [3.05, 3.63) is 72.4 Å². The highest BCUT2D eigenvalue weighted by Crippen LogP contribution is 2.40. The molecule has 0 amide bonds. The van der Waals surface area contributed by atoms with E-state index in [0.29, 0.717) is 35.7 Å². The zero-order valence-corrected chi connectivity index (χ0v) is 24.8. The van der Waals surface area contributed by atoms with E-state index < -0.39 is 16.1 Å². The SMILES string of the molecule is C[C@H](Oc1cc(-c2nn(C)c3c(-c4cnn(C5CCOCC5)c4)cnc(N)c23)ccc1NS(C)(=O)=O)c1ccc(F)cc1. The second kappa shape index (κ2) is 11.3.